The molecule has 0 unspecified atom stereocenters. The fraction of sp³-hybridized carbons (Fsp3) is 0.480. The van der Waals surface area contributed by atoms with Gasteiger partial charge in [-0.15, -0.1) is 0 Å². The van der Waals surface area contributed by atoms with Crippen LogP contribution in [0.2, 0.25) is 0 Å². The molecule has 1 aromatic carbocycles. The standard InChI is InChI=1S/C25H28F4N4O3/c1-23(2,3)36-22(34)32-12-17(25(27,28)29)18-11-16-20(19(33-18)14-5-7-15(26)8-6-14)35-13-24(16,4)21-30-9-10-31-21/h5-8,11,17H,9-10,12-13H2,1-4H3,(H,30,31)(H,32,34)/t17-,24-/m0/s1. The predicted octanol–water partition coefficient (Wildman–Crippen LogP) is 4.71. The Hall–Kier alpha value is -3.37. The molecule has 0 saturated carbocycles. The number of benzene rings is 1. The van der Waals surface area contributed by atoms with E-state index in [4.69, 9.17) is 9.47 Å². The summed E-state index contributed by atoms with van der Waals surface area (Å²) in [5, 5.41) is 5.41. The monoisotopic (exact) mass is 508 g/mol. The molecule has 2 N–H and O–H groups in total. The maximum atomic E-state index is 14.3. The number of amides is 1. The number of halogens is 4. The van der Waals surface area contributed by atoms with Gasteiger partial charge in [0.2, 0.25) is 0 Å². The number of fused-ring (bicyclic) bond motifs is 1. The number of aliphatic imine (C=N–C) groups is 1. The average molecular weight is 509 g/mol. The number of ether oxygens (including phenoxy) is 2. The summed E-state index contributed by atoms with van der Waals surface area (Å²) in [4.78, 5) is 20.9. The molecule has 2 atom stereocenters. The fourth-order valence-corrected chi connectivity index (χ4v) is 4.24. The normalized spacial score (nSPS) is 20.2. The Bertz CT molecular complexity index is 1180. The van der Waals surface area contributed by atoms with Gasteiger partial charge in [0.15, 0.2) is 0 Å². The summed E-state index contributed by atoms with van der Waals surface area (Å²) in [6, 6.07) is 6.66. The van der Waals surface area contributed by atoms with Crippen LogP contribution in [0.15, 0.2) is 35.3 Å². The lowest BCUT2D eigenvalue weighted by Gasteiger charge is -2.26. The molecule has 0 fully saturated rings. The van der Waals surface area contributed by atoms with E-state index in [1.807, 2.05) is 6.92 Å². The van der Waals surface area contributed by atoms with Crippen molar-refractivity contribution >= 4 is 11.9 Å². The summed E-state index contributed by atoms with van der Waals surface area (Å²) < 4.78 is 67.5. The van der Waals surface area contributed by atoms with Crippen molar-refractivity contribution in [1.82, 2.24) is 15.6 Å². The summed E-state index contributed by atoms with van der Waals surface area (Å²) in [5.74, 6) is -1.67. The van der Waals surface area contributed by atoms with Crippen LogP contribution in [0.4, 0.5) is 22.4 Å². The lowest BCUT2D eigenvalue weighted by Crippen LogP contribution is -2.41. The zero-order valence-electron chi connectivity index (χ0n) is 20.4. The number of rotatable bonds is 5. The van der Waals surface area contributed by atoms with Crippen LogP contribution < -0.4 is 15.4 Å². The average Bonchev–Trinajstić information content (AvgIpc) is 3.42. The van der Waals surface area contributed by atoms with Gasteiger partial charge in [0.25, 0.3) is 0 Å². The largest absolute Gasteiger partial charge is 0.490 e. The maximum Gasteiger partial charge on any atom is 0.407 e. The maximum absolute atomic E-state index is 14.3. The van der Waals surface area contributed by atoms with Crippen molar-refractivity contribution in [3.05, 3.63) is 47.4 Å². The van der Waals surface area contributed by atoms with Crippen LogP contribution in [-0.4, -0.2) is 54.9 Å². The number of aromatic nitrogens is 1. The van der Waals surface area contributed by atoms with Crippen LogP contribution in [0, 0.1) is 5.82 Å². The van der Waals surface area contributed by atoms with Gasteiger partial charge >= 0.3 is 12.3 Å². The number of alkyl carbamates (subject to hydrolysis) is 1. The van der Waals surface area contributed by atoms with E-state index >= 15 is 0 Å². The van der Waals surface area contributed by atoms with E-state index in [9.17, 15) is 22.4 Å². The molecule has 0 aliphatic carbocycles. The molecule has 194 valence electrons. The molecule has 7 nitrogen and oxygen atoms in total. The Labute approximate surface area is 206 Å². The van der Waals surface area contributed by atoms with E-state index in [2.05, 4.69) is 20.6 Å². The number of hydrogen-bond acceptors (Lipinski definition) is 6. The first kappa shape index (κ1) is 25.7. The van der Waals surface area contributed by atoms with Crippen LogP contribution in [0.5, 0.6) is 5.75 Å². The van der Waals surface area contributed by atoms with Gasteiger partial charge in [0.05, 0.1) is 17.7 Å². The second kappa shape index (κ2) is 9.25. The summed E-state index contributed by atoms with van der Waals surface area (Å²) in [5.41, 5.74) is -0.934. The van der Waals surface area contributed by atoms with Gasteiger partial charge in [-0.05, 0) is 58.0 Å². The van der Waals surface area contributed by atoms with E-state index in [0.717, 1.165) is 0 Å². The molecular formula is C25H28F4N4O3. The molecule has 11 heteroatoms. The van der Waals surface area contributed by atoms with Crippen LogP contribution in [0.1, 0.15) is 44.9 Å². The summed E-state index contributed by atoms with van der Waals surface area (Å²) in [7, 11) is 0. The minimum Gasteiger partial charge on any atom is -0.490 e. The van der Waals surface area contributed by atoms with Gasteiger partial charge < -0.3 is 20.1 Å². The van der Waals surface area contributed by atoms with E-state index in [-0.39, 0.29) is 18.0 Å². The molecule has 1 aromatic heterocycles. The molecule has 2 aliphatic heterocycles. The molecule has 2 aliphatic rings. The third-order valence-electron chi connectivity index (χ3n) is 6.01. The van der Waals surface area contributed by atoms with Crippen molar-refractivity contribution in [2.75, 3.05) is 26.2 Å². The zero-order chi connectivity index (χ0) is 26.3. The van der Waals surface area contributed by atoms with Crippen molar-refractivity contribution in [3.63, 3.8) is 0 Å². The summed E-state index contributed by atoms with van der Waals surface area (Å²) in [6.45, 7) is 7.24. The van der Waals surface area contributed by atoms with Crippen LogP contribution in [0.25, 0.3) is 11.3 Å². The highest BCUT2D eigenvalue weighted by atomic mass is 19.4. The third kappa shape index (κ3) is 5.24. The van der Waals surface area contributed by atoms with Crippen LogP contribution in [-0.2, 0) is 10.2 Å². The number of hydrogen-bond donors (Lipinski definition) is 2. The second-order valence-electron chi connectivity index (χ2n) is 10.0. The topological polar surface area (TPSA) is 84.8 Å². The van der Waals surface area contributed by atoms with Gasteiger partial charge in [-0.1, -0.05) is 0 Å². The van der Waals surface area contributed by atoms with Gasteiger partial charge in [0, 0.05) is 24.2 Å². The smallest absolute Gasteiger partial charge is 0.407 e. The first-order valence-corrected chi connectivity index (χ1v) is 11.5. The number of nitrogens with zero attached hydrogens (tertiary/aromatic N) is 2. The van der Waals surface area contributed by atoms with E-state index < -0.39 is 41.6 Å². The lowest BCUT2D eigenvalue weighted by atomic mass is 9.81. The SMILES string of the molecule is CC(C)(C)OC(=O)NC[C@@H](c1cc2c(c(-c3ccc(F)cc3)n1)OC[C@]2(C)C1=NCCN1)C(F)(F)F. The van der Waals surface area contributed by atoms with Gasteiger partial charge in [-0.25, -0.2) is 14.2 Å². The molecule has 0 radical (unpaired) electrons. The van der Waals surface area contributed by atoms with E-state index in [1.165, 1.54) is 30.3 Å². The van der Waals surface area contributed by atoms with Gasteiger partial charge in [-0.2, -0.15) is 13.2 Å². The Kier molecular flexibility index (Phi) is 6.61. The third-order valence-corrected chi connectivity index (χ3v) is 6.01. The minimum atomic E-state index is -4.73. The number of amidine groups is 1. The first-order chi connectivity index (χ1) is 16.8. The Morgan fingerprint density at radius 3 is 2.53 bits per heavy atom. The van der Waals surface area contributed by atoms with Crippen LogP contribution in [0.3, 0.4) is 0 Å². The van der Waals surface area contributed by atoms with Crippen molar-refractivity contribution < 1.29 is 31.8 Å². The molecule has 0 spiro atoms. The van der Waals surface area contributed by atoms with Crippen molar-refractivity contribution in [3.8, 4) is 17.0 Å². The molecule has 36 heavy (non-hydrogen) atoms. The molecular weight excluding hydrogens is 480 g/mol. The fourth-order valence-electron chi connectivity index (χ4n) is 4.24. The first-order valence-electron chi connectivity index (χ1n) is 11.5. The van der Waals surface area contributed by atoms with Crippen molar-refractivity contribution in [2.24, 2.45) is 4.99 Å². The predicted molar refractivity (Wildman–Crippen MR) is 126 cm³/mol. The molecule has 3 heterocycles. The minimum absolute atomic E-state index is 0.153. The van der Waals surface area contributed by atoms with Crippen molar-refractivity contribution in [2.45, 2.75) is 50.8 Å². The van der Waals surface area contributed by atoms with Gasteiger partial charge in [0.1, 0.15) is 41.2 Å². The molecule has 0 saturated heterocycles. The number of pyridine rings is 1. The van der Waals surface area contributed by atoms with Crippen molar-refractivity contribution in [1.29, 1.82) is 0 Å². The number of carbonyl (C=O) groups excluding carboxylic acids is 1. The quantitative estimate of drug-likeness (QED) is 0.572. The number of alkyl halides is 3. The highest BCUT2D eigenvalue weighted by Crippen LogP contribution is 2.47. The zero-order valence-corrected chi connectivity index (χ0v) is 20.4. The lowest BCUT2D eigenvalue weighted by molar-refractivity contribution is -0.150. The highest BCUT2D eigenvalue weighted by molar-refractivity contribution is 5.96. The molecule has 2 aromatic rings. The molecule has 4 rings (SSSR count). The van der Waals surface area contributed by atoms with Gasteiger partial charge in [-0.3, -0.25) is 4.99 Å². The van der Waals surface area contributed by atoms with E-state index in [0.29, 0.717) is 35.8 Å². The summed E-state index contributed by atoms with van der Waals surface area (Å²) >= 11 is 0. The number of nitrogens with one attached hydrogen (secondary N) is 2. The summed E-state index contributed by atoms with van der Waals surface area (Å²) in [6.07, 6.45) is -5.69. The van der Waals surface area contributed by atoms with Crippen LogP contribution >= 0.6 is 0 Å². The Balaban J connectivity index is 1.80. The second-order valence-corrected chi connectivity index (χ2v) is 10.0. The highest BCUT2D eigenvalue weighted by Gasteiger charge is 2.47. The van der Waals surface area contributed by atoms with E-state index in [1.54, 1.807) is 20.8 Å². The number of carbonyl (C=O) groups is 1. The Morgan fingerprint density at radius 1 is 1.25 bits per heavy atom. The molecule has 0 bridgehead atoms. The molecule has 1 amide bonds. The Morgan fingerprint density at radius 2 is 1.94 bits per heavy atom.